The minimum atomic E-state index is -0.408. The van der Waals surface area contributed by atoms with Crippen LogP contribution in [-0.2, 0) is 0 Å². The quantitative estimate of drug-likeness (QED) is 0.763. The van der Waals surface area contributed by atoms with Gasteiger partial charge >= 0.3 is 0 Å². The molecule has 2 aromatic carbocycles. The molecule has 0 saturated carbocycles. The number of carbonyl (C=O) groups is 1. The van der Waals surface area contributed by atoms with Gasteiger partial charge in [0.15, 0.2) is 11.6 Å². The molecule has 2 N–H and O–H groups in total. The first-order valence-electron chi connectivity index (χ1n) is 7.32. The fraction of sp³-hybridized carbons (Fsp3) is 0. The first-order chi connectivity index (χ1) is 12.1. The van der Waals surface area contributed by atoms with Crippen molar-refractivity contribution in [1.82, 2.24) is 10.2 Å². The molecule has 0 aliphatic carbocycles. The van der Waals surface area contributed by atoms with Crippen LogP contribution in [-0.4, -0.2) is 16.1 Å². The zero-order valence-electron chi connectivity index (χ0n) is 12.9. The number of nitrogens with one attached hydrogen (secondary N) is 2. The molecule has 122 valence electrons. The van der Waals surface area contributed by atoms with Crippen molar-refractivity contribution in [3.8, 4) is 6.07 Å². The number of hydrogen-bond donors (Lipinski definition) is 2. The van der Waals surface area contributed by atoms with E-state index < -0.39 is 11.7 Å². The van der Waals surface area contributed by atoms with Crippen LogP contribution in [0.25, 0.3) is 0 Å². The van der Waals surface area contributed by atoms with Gasteiger partial charge in [-0.1, -0.05) is 0 Å². The predicted octanol–water partition coefficient (Wildman–Crippen LogP) is 3.48. The Kier molecular flexibility index (Phi) is 4.62. The second kappa shape index (κ2) is 7.19. The molecule has 7 heteroatoms. The van der Waals surface area contributed by atoms with Crippen LogP contribution >= 0.6 is 0 Å². The van der Waals surface area contributed by atoms with Crippen LogP contribution in [0.15, 0.2) is 60.7 Å². The summed E-state index contributed by atoms with van der Waals surface area (Å²) in [5.74, 6) is -0.0409. The molecule has 0 aliphatic rings. The third kappa shape index (κ3) is 4.14. The van der Waals surface area contributed by atoms with Gasteiger partial charge < -0.3 is 10.6 Å². The Hall–Kier alpha value is -3.79. The topological polar surface area (TPSA) is 90.7 Å². The molecule has 0 atom stereocenters. The Morgan fingerprint density at radius 3 is 2.16 bits per heavy atom. The van der Waals surface area contributed by atoms with E-state index in [1.165, 1.54) is 24.3 Å². The van der Waals surface area contributed by atoms with Crippen LogP contribution < -0.4 is 10.6 Å². The van der Waals surface area contributed by atoms with Gasteiger partial charge in [0, 0.05) is 11.3 Å². The van der Waals surface area contributed by atoms with Crippen LogP contribution in [0, 0.1) is 17.1 Å². The number of nitriles is 1. The van der Waals surface area contributed by atoms with E-state index in [1.807, 2.05) is 6.07 Å². The molecule has 0 fully saturated rings. The van der Waals surface area contributed by atoms with Gasteiger partial charge in [0.05, 0.1) is 11.6 Å². The predicted molar refractivity (Wildman–Crippen MR) is 90.8 cm³/mol. The average molecular weight is 333 g/mol. The van der Waals surface area contributed by atoms with E-state index in [9.17, 15) is 9.18 Å². The number of aromatic nitrogens is 2. The number of hydrogen-bond acceptors (Lipinski definition) is 5. The molecule has 25 heavy (non-hydrogen) atoms. The van der Waals surface area contributed by atoms with Crippen molar-refractivity contribution < 1.29 is 9.18 Å². The Bertz CT molecular complexity index is 916. The summed E-state index contributed by atoms with van der Waals surface area (Å²) in [7, 11) is 0. The summed E-state index contributed by atoms with van der Waals surface area (Å²) in [6.45, 7) is 0. The van der Waals surface area contributed by atoms with E-state index in [0.717, 1.165) is 5.69 Å². The first-order valence-corrected chi connectivity index (χ1v) is 7.32. The number of carbonyl (C=O) groups excluding carboxylic acids is 1. The Morgan fingerprint density at radius 1 is 0.920 bits per heavy atom. The van der Waals surface area contributed by atoms with E-state index in [-0.39, 0.29) is 5.82 Å². The molecule has 0 bridgehead atoms. The zero-order valence-corrected chi connectivity index (χ0v) is 12.9. The third-order valence-electron chi connectivity index (χ3n) is 3.30. The van der Waals surface area contributed by atoms with Crippen LogP contribution in [0.3, 0.4) is 0 Å². The highest BCUT2D eigenvalue weighted by Gasteiger charge is 2.07. The standard InChI is InChI=1S/C18H12FN5O/c19-14-5-3-13(4-6-14)18(25)22-17-10-9-16(23-24-17)21-15-7-1-12(11-20)2-8-15/h1-10H,(H,21,23)(H,22,24,25). The van der Waals surface area contributed by atoms with Crippen molar-refractivity contribution in [2.75, 3.05) is 10.6 Å². The summed E-state index contributed by atoms with van der Waals surface area (Å²) in [4.78, 5) is 12.0. The largest absolute Gasteiger partial charge is 0.339 e. The highest BCUT2D eigenvalue weighted by Crippen LogP contribution is 2.16. The van der Waals surface area contributed by atoms with Crippen molar-refractivity contribution in [1.29, 1.82) is 5.26 Å². The SMILES string of the molecule is N#Cc1ccc(Nc2ccc(NC(=O)c3ccc(F)cc3)nn2)cc1. The van der Waals surface area contributed by atoms with Crippen LogP contribution in [0.2, 0.25) is 0 Å². The summed E-state index contributed by atoms with van der Waals surface area (Å²) >= 11 is 0. The summed E-state index contributed by atoms with van der Waals surface area (Å²) in [6.07, 6.45) is 0. The number of rotatable bonds is 4. The molecule has 3 aromatic rings. The number of nitrogens with zero attached hydrogens (tertiary/aromatic N) is 3. The smallest absolute Gasteiger partial charge is 0.256 e. The highest BCUT2D eigenvalue weighted by molar-refractivity contribution is 6.03. The maximum absolute atomic E-state index is 12.9. The summed E-state index contributed by atoms with van der Waals surface area (Å²) in [6, 6.07) is 17.4. The maximum atomic E-state index is 12.9. The molecule has 0 unspecified atom stereocenters. The Morgan fingerprint density at radius 2 is 1.56 bits per heavy atom. The second-order valence-corrected chi connectivity index (χ2v) is 5.08. The number of benzene rings is 2. The van der Waals surface area contributed by atoms with Gasteiger partial charge in [-0.25, -0.2) is 4.39 Å². The van der Waals surface area contributed by atoms with Gasteiger partial charge in [0.1, 0.15) is 5.82 Å². The number of anilines is 3. The molecular formula is C18H12FN5O. The van der Waals surface area contributed by atoms with Gasteiger partial charge in [-0.2, -0.15) is 5.26 Å². The lowest BCUT2D eigenvalue weighted by atomic mass is 10.2. The Balaban J connectivity index is 1.64. The third-order valence-corrected chi connectivity index (χ3v) is 3.30. The minimum Gasteiger partial charge on any atom is -0.339 e. The van der Waals surface area contributed by atoms with Crippen molar-refractivity contribution in [2.45, 2.75) is 0 Å². The Labute approximate surface area is 143 Å². The summed E-state index contributed by atoms with van der Waals surface area (Å²) in [5.41, 5.74) is 1.65. The lowest BCUT2D eigenvalue weighted by molar-refractivity contribution is 0.102. The van der Waals surface area contributed by atoms with Crippen molar-refractivity contribution in [3.63, 3.8) is 0 Å². The van der Waals surface area contributed by atoms with Crippen molar-refractivity contribution >= 4 is 23.2 Å². The van der Waals surface area contributed by atoms with E-state index in [2.05, 4.69) is 20.8 Å². The van der Waals surface area contributed by atoms with Crippen LogP contribution in [0.4, 0.5) is 21.7 Å². The monoisotopic (exact) mass is 333 g/mol. The van der Waals surface area contributed by atoms with E-state index >= 15 is 0 Å². The molecule has 1 amide bonds. The first kappa shape index (κ1) is 16.1. The highest BCUT2D eigenvalue weighted by atomic mass is 19.1. The van der Waals surface area contributed by atoms with Crippen LogP contribution in [0.5, 0.6) is 0 Å². The van der Waals surface area contributed by atoms with Crippen molar-refractivity contribution in [3.05, 3.63) is 77.6 Å². The lowest BCUT2D eigenvalue weighted by Crippen LogP contribution is -2.13. The average Bonchev–Trinajstić information content (AvgIpc) is 2.64. The minimum absolute atomic E-state index is 0.278. The fourth-order valence-corrected chi connectivity index (χ4v) is 2.03. The molecule has 0 aliphatic heterocycles. The molecule has 6 nitrogen and oxygen atoms in total. The molecule has 0 spiro atoms. The van der Waals surface area contributed by atoms with Gasteiger partial charge in [0.25, 0.3) is 5.91 Å². The summed E-state index contributed by atoms with van der Waals surface area (Å²) < 4.78 is 12.9. The van der Waals surface area contributed by atoms with E-state index in [1.54, 1.807) is 36.4 Å². The molecule has 3 rings (SSSR count). The van der Waals surface area contributed by atoms with Gasteiger partial charge in [0.2, 0.25) is 0 Å². The maximum Gasteiger partial charge on any atom is 0.256 e. The van der Waals surface area contributed by atoms with Crippen LogP contribution in [0.1, 0.15) is 15.9 Å². The van der Waals surface area contributed by atoms with E-state index in [4.69, 9.17) is 5.26 Å². The molecule has 1 heterocycles. The van der Waals surface area contributed by atoms with Gasteiger partial charge in [-0.3, -0.25) is 4.79 Å². The zero-order chi connectivity index (χ0) is 17.6. The van der Waals surface area contributed by atoms with Gasteiger partial charge in [-0.15, -0.1) is 10.2 Å². The molecule has 1 aromatic heterocycles. The molecule has 0 saturated heterocycles. The lowest BCUT2D eigenvalue weighted by Gasteiger charge is -2.07. The molecule has 0 radical (unpaired) electrons. The van der Waals surface area contributed by atoms with Crippen molar-refractivity contribution in [2.24, 2.45) is 0 Å². The number of amides is 1. The fourth-order valence-electron chi connectivity index (χ4n) is 2.03. The van der Waals surface area contributed by atoms with E-state index in [0.29, 0.717) is 16.9 Å². The van der Waals surface area contributed by atoms with Gasteiger partial charge in [-0.05, 0) is 60.7 Å². The summed E-state index contributed by atoms with van der Waals surface area (Å²) in [5, 5.41) is 22.3. The number of halogens is 1. The second-order valence-electron chi connectivity index (χ2n) is 5.08. The normalized spacial score (nSPS) is 9.92. The molecular weight excluding hydrogens is 321 g/mol.